The molecule has 1 aromatic carbocycles. The highest BCUT2D eigenvalue weighted by atomic mass is 16.5. The smallest absolute Gasteiger partial charge is 0.344 e. The van der Waals surface area contributed by atoms with Crippen LogP contribution in [0.2, 0.25) is 0 Å². The average Bonchev–Trinajstić information content (AvgIpc) is 3.01. The molecule has 6 heteroatoms. The van der Waals surface area contributed by atoms with Crippen molar-refractivity contribution in [3.63, 3.8) is 0 Å². The summed E-state index contributed by atoms with van der Waals surface area (Å²) in [5, 5.41) is 4.55. The van der Waals surface area contributed by atoms with Crippen LogP contribution in [-0.2, 0) is 0 Å². The lowest BCUT2D eigenvalue weighted by Gasteiger charge is -2.09. The lowest BCUT2D eigenvalue weighted by molar-refractivity contribution is 0.112. The normalized spacial score (nSPS) is 11.3. The van der Waals surface area contributed by atoms with Gasteiger partial charge in [-0.25, -0.2) is 4.79 Å². The number of fused-ring (bicyclic) bond motifs is 1. The highest BCUT2D eigenvalue weighted by molar-refractivity contribution is 5.99. The van der Waals surface area contributed by atoms with Gasteiger partial charge in [-0.05, 0) is 19.9 Å². The lowest BCUT2D eigenvalue weighted by Crippen LogP contribution is -1.98. The molecular formula is C14H13N3O3. The van der Waals surface area contributed by atoms with E-state index in [1.807, 2.05) is 36.7 Å². The van der Waals surface area contributed by atoms with Crippen LogP contribution in [-0.4, -0.2) is 21.0 Å². The van der Waals surface area contributed by atoms with Gasteiger partial charge in [0.15, 0.2) is 12.1 Å². The Morgan fingerprint density at radius 1 is 1.40 bits per heavy atom. The van der Waals surface area contributed by atoms with Crippen LogP contribution in [0.1, 0.15) is 30.2 Å². The summed E-state index contributed by atoms with van der Waals surface area (Å²) in [7, 11) is 0. The summed E-state index contributed by atoms with van der Waals surface area (Å²) in [5.74, 6) is -0.214. The number of carbonyl (C=O) groups is 1. The maximum Gasteiger partial charge on any atom is 0.439 e. The number of aromatic amines is 1. The molecule has 3 aromatic rings. The lowest BCUT2D eigenvalue weighted by atomic mass is 10.1. The predicted octanol–water partition coefficient (Wildman–Crippen LogP) is 2.38. The molecule has 0 radical (unpaired) electrons. The quantitative estimate of drug-likeness (QED) is 0.741. The van der Waals surface area contributed by atoms with E-state index in [0.29, 0.717) is 11.4 Å². The molecule has 0 atom stereocenters. The molecule has 0 aliphatic heterocycles. The third-order valence-electron chi connectivity index (χ3n) is 3.26. The van der Waals surface area contributed by atoms with Crippen molar-refractivity contribution in [1.29, 1.82) is 0 Å². The highest BCUT2D eigenvalue weighted by Crippen LogP contribution is 2.27. The van der Waals surface area contributed by atoms with Gasteiger partial charge in [0.25, 0.3) is 0 Å². The summed E-state index contributed by atoms with van der Waals surface area (Å²) in [5.41, 5.74) is 2.30. The van der Waals surface area contributed by atoms with Crippen LogP contribution in [0.15, 0.2) is 33.7 Å². The number of hydrogen-bond donors (Lipinski definition) is 1. The van der Waals surface area contributed by atoms with Gasteiger partial charge in [-0.3, -0.25) is 14.3 Å². The minimum absolute atomic E-state index is 0.220. The van der Waals surface area contributed by atoms with Gasteiger partial charge in [0.05, 0.1) is 0 Å². The summed E-state index contributed by atoms with van der Waals surface area (Å²) in [6.07, 6.45) is 2.68. The van der Waals surface area contributed by atoms with E-state index in [9.17, 15) is 9.59 Å². The van der Waals surface area contributed by atoms with E-state index in [1.54, 1.807) is 6.07 Å². The van der Waals surface area contributed by atoms with Crippen LogP contribution >= 0.6 is 0 Å². The van der Waals surface area contributed by atoms with E-state index in [1.165, 1.54) is 0 Å². The first-order chi connectivity index (χ1) is 9.60. The third kappa shape index (κ3) is 1.85. The van der Waals surface area contributed by atoms with Crippen molar-refractivity contribution >= 4 is 17.2 Å². The van der Waals surface area contributed by atoms with Gasteiger partial charge in [-0.15, -0.1) is 0 Å². The fourth-order valence-electron chi connectivity index (χ4n) is 2.30. The van der Waals surface area contributed by atoms with Crippen LogP contribution in [0.4, 0.5) is 0 Å². The van der Waals surface area contributed by atoms with Crippen molar-refractivity contribution in [3.05, 3.63) is 40.5 Å². The first kappa shape index (κ1) is 12.4. The Kier molecular flexibility index (Phi) is 2.78. The molecule has 2 aromatic heterocycles. The number of hydrogen-bond acceptors (Lipinski definition) is 4. The minimum atomic E-state index is -0.590. The molecule has 6 nitrogen and oxygen atoms in total. The zero-order chi connectivity index (χ0) is 14.3. The van der Waals surface area contributed by atoms with Crippen LogP contribution in [0.25, 0.3) is 22.3 Å². The van der Waals surface area contributed by atoms with E-state index >= 15 is 0 Å². The van der Waals surface area contributed by atoms with Gasteiger partial charge in [0.2, 0.25) is 0 Å². The van der Waals surface area contributed by atoms with E-state index in [0.717, 1.165) is 22.8 Å². The topological polar surface area (TPSA) is 80.9 Å². The fourth-order valence-corrected chi connectivity index (χ4v) is 2.30. The molecule has 0 unspecified atom stereocenters. The summed E-state index contributed by atoms with van der Waals surface area (Å²) in [4.78, 5) is 24.7. The highest BCUT2D eigenvalue weighted by Gasteiger charge is 2.12. The van der Waals surface area contributed by atoms with Crippen LogP contribution in [0.3, 0.4) is 0 Å². The molecule has 0 saturated heterocycles. The zero-order valence-corrected chi connectivity index (χ0v) is 11.1. The van der Waals surface area contributed by atoms with Gasteiger partial charge in [-0.2, -0.15) is 0 Å². The van der Waals surface area contributed by atoms with Gasteiger partial charge in [0.1, 0.15) is 0 Å². The van der Waals surface area contributed by atoms with Gasteiger partial charge < -0.3 is 4.57 Å². The van der Waals surface area contributed by atoms with Gasteiger partial charge in [-0.1, -0.05) is 17.3 Å². The SMILES string of the molecule is CC(C)n1cc(C=O)c2ccc(-c3noc(=O)[nH]3)cc21. The number of H-pyrrole nitrogens is 1. The summed E-state index contributed by atoms with van der Waals surface area (Å²) < 4.78 is 6.53. The van der Waals surface area contributed by atoms with Gasteiger partial charge in [0, 0.05) is 34.3 Å². The first-order valence-electron chi connectivity index (χ1n) is 6.26. The van der Waals surface area contributed by atoms with Crippen molar-refractivity contribution < 1.29 is 9.32 Å². The molecule has 0 amide bonds. The molecular weight excluding hydrogens is 258 g/mol. The van der Waals surface area contributed by atoms with Crippen molar-refractivity contribution in [1.82, 2.24) is 14.7 Å². The van der Waals surface area contributed by atoms with E-state index in [4.69, 9.17) is 0 Å². The summed E-state index contributed by atoms with van der Waals surface area (Å²) >= 11 is 0. The summed E-state index contributed by atoms with van der Waals surface area (Å²) in [6, 6.07) is 5.75. The van der Waals surface area contributed by atoms with Crippen LogP contribution < -0.4 is 5.76 Å². The minimum Gasteiger partial charge on any atom is -0.344 e. The van der Waals surface area contributed by atoms with Crippen molar-refractivity contribution in [2.45, 2.75) is 19.9 Å². The Bertz CT molecular complexity index is 839. The Hall–Kier alpha value is -2.63. The van der Waals surface area contributed by atoms with Crippen LogP contribution in [0.5, 0.6) is 0 Å². The number of carbonyl (C=O) groups excluding carboxylic acids is 1. The Balaban J connectivity index is 2.26. The van der Waals surface area contributed by atoms with E-state index in [-0.39, 0.29) is 6.04 Å². The molecule has 102 valence electrons. The monoisotopic (exact) mass is 271 g/mol. The van der Waals surface area contributed by atoms with E-state index < -0.39 is 5.76 Å². The molecule has 0 bridgehead atoms. The molecule has 20 heavy (non-hydrogen) atoms. The molecule has 0 spiro atoms. The largest absolute Gasteiger partial charge is 0.439 e. The number of aldehydes is 1. The number of rotatable bonds is 3. The molecule has 3 rings (SSSR count). The molecule has 2 heterocycles. The molecule has 1 N–H and O–H groups in total. The Labute approximate surface area is 114 Å². The maximum absolute atomic E-state index is 11.1. The fraction of sp³-hybridized carbons (Fsp3) is 0.214. The third-order valence-corrected chi connectivity index (χ3v) is 3.26. The molecule has 0 fully saturated rings. The van der Waals surface area contributed by atoms with Crippen LogP contribution in [0, 0.1) is 0 Å². The molecule has 0 aliphatic rings. The number of aromatic nitrogens is 3. The Morgan fingerprint density at radius 2 is 2.20 bits per heavy atom. The second kappa shape index (κ2) is 4.48. The summed E-state index contributed by atoms with van der Waals surface area (Å²) in [6.45, 7) is 4.08. The first-order valence-corrected chi connectivity index (χ1v) is 6.26. The second-order valence-electron chi connectivity index (χ2n) is 4.88. The van der Waals surface area contributed by atoms with E-state index in [2.05, 4.69) is 14.7 Å². The number of nitrogens with one attached hydrogen (secondary N) is 1. The average molecular weight is 271 g/mol. The van der Waals surface area contributed by atoms with Gasteiger partial charge >= 0.3 is 5.76 Å². The number of benzene rings is 1. The van der Waals surface area contributed by atoms with Crippen molar-refractivity contribution in [2.24, 2.45) is 0 Å². The van der Waals surface area contributed by atoms with Crippen molar-refractivity contribution in [3.8, 4) is 11.4 Å². The molecule has 0 aliphatic carbocycles. The molecule has 0 saturated carbocycles. The standard InChI is InChI=1S/C14H13N3O3/c1-8(2)17-6-10(7-18)11-4-3-9(5-12(11)17)13-15-14(19)20-16-13/h3-8H,1-2H3,(H,15,16,19). The zero-order valence-electron chi connectivity index (χ0n) is 11.1. The maximum atomic E-state index is 11.1. The number of nitrogens with zero attached hydrogens (tertiary/aromatic N) is 2. The van der Waals surface area contributed by atoms with Crippen molar-refractivity contribution in [2.75, 3.05) is 0 Å². The second-order valence-corrected chi connectivity index (χ2v) is 4.88. The Morgan fingerprint density at radius 3 is 2.80 bits per heavy atom. The predicted molar refractivity (Wildman–Crippen MR) is 73.8 cm³/mol.